The summed E-state index contributed by atoms with van der Waals surface area (Å²) in [5.74, 6) is 0. The standard InChI is InChI=1S/C16H17N3O2/c20-16-13(9-17-21)8-14-11-19(7-6-15(14)18-16)10-12-4-2-1-3-5-12/h1-5,8H,6-7,9-11H2,(H,18,20). The molecule has 1 aliphatic rings. The number of hydrogen-bond acceptors (Lipinski definition) is 4. The van der Waals surface area contributed by atoms with Crippen LogP contribution < -0.4 is 5.56 Å². The van der Waals surface area contributed by atoms with E-state index in [2.05, 4.69) is 27.2 Å². The SMILES string of the molecule is O=NCc1cc2c([nH]c1=O)CCN(Cc1ccccc1)C2. The number of aromatic amines is 1. The summed E-state index contributed by atoms with van der Waals surface area (Å²) >= 11 is 0. The first kappa shape index (κ1) is 13.7. The Morgan fingerprint density at radius 2 is 2.05 bits per heavy atom. The maximum Gasteiger partial charge on any atom is 0.253 e. The quantitative estimate of drug-likeness (QED) is 0.875. The van der Waals surface area contributed by atoms with Crippen molar-refractivity contribution in [2.45, 2.75) is 26.1 Å². The van der Waals surface area contributed by atoms with E-state index in [0.29, 0.717) is 5.56 Å². The van der Waals surface area contributed by atoms with E-state index in [1.807, 2.05) is 24.3 Å². The highest BCUT2D eigenvalue weighted by atomic mass is 16.3. The number of rotatable bonds is 4. The van der Waals surface area contributed by atoms with Crippen LogP contribution in [0, 0.1) is 4.91 Å². The smallest absolute Gasteiger partial charge is 0.253 e. The van der Waals surface area contributed by atoms with E-state index >= 15 is 0 Å². The minimum atomic E-state index is -0.190. The highest BCUT2D eigenvalue weighted by molar-refractivity contribution is 5.28. The van der Waals surface area contributed by atoms with Gasteiger partial charge in [-0.3, -0.25) is 9.69 Å². The molecule has 0 amide bonds. The van der Waals surface area contributed by atoms with Crippen molar-refractivity contribution in [2.24, 2.45) is 5.18 Å². The molecule has 0 atom stereocenters. The zero-order valence-electron chi connectivity index (χ0n) is 11.7. The lowest BCUT2D eigenvalue weighted by molar-refractivity contribution is 0.243. The monoisotopic (exact) mass is 283 g/mol. The third-order valence-electron chi connectivity index (χ3n) is 3.85. The molecule has 1 aromatic heterocycles. The molecule has 5 heteroatoms. The summed E-state index contributed by atoms with van der Waals surface area (Å²) in [6.45, 7) is 2.53. The van der Waals surface area contributed by atoms with Crippen LogP contribution in [0.1, 0.15) is 22.4 Å². The van der Waals surface area contributed by atoms with Gasteiger partial charge in [0, 0.05) is 37.3 Å². The van der Waals surface area contributed by atoms with Gasteiger partial charge in [-0.05, 0) is 17.2 Å². The Morgan fingerprint density at radius 1 is 1.24 bits per heavy atom. The molecule has 0 spiro atoms. The van der Waals surface area contributed by atoms with Crippen molar-refractivity contribution in [2.75, 3.05) is 6.54 Å². The predicted octanol–water partition coefficient (Wildman–Crippen LogP) is 2.20. The third kappa shape index (κ3) is 3.08. The Bertz CT molecular complexity index is 694. The molecule has 108 valence electrons. The molecule has 21 heavy (non-hydrogen) atoms. The van der Waals surface area contributed by atoms with E-state index in [4.69, 9.17) is 0 Å². The fraction of sp³-hybridized carbons (Fsp3) is 0.312. The second-order valence-corrected chi connectivity index (χ2v) is 5.36. The zero-order chi connectivity index (χ0) is 14.7. The maximum absolute atomic E-state index is 11.8. The Morgan fingerprint density at radius 3 is 2.81 bits per heavy atom. The van der Waals surface area contributed by atoms with Crippen LogP contribution in [-0.4, -0.2) is 16.4 Å². The highest BCUT2D eigenvalue weighted by Gasteiger charge is 2.18. The number of nitrogens with zero attached hydrogens (tertiary/aromatic N) is 2. The second kappa shape index (κ2) is 6.01. The van der Waals surface area contributed by atoms with Gasteiger partial charge >= 0.3 is 0 Å². The molecule has 0 saturated heterocycles. The topological polar surface area (TPSA) is 65.5 Å². The lowest BCUT2D eigenvalue weighted by Gasteiger charge is -2.28. The van der Waals surface area contributed by atoms with Crippen LogP contribution in [-0.2, 0) is 26.1 Å². The molecule has 5 nitrogen and oxygen atoms in total. The normalized spacial score (nSPS) is 14.7. The molecule has 0 radical (unpaired) electrons. The van der Waals surface area contributed by atoms with Crippen LogP contribution >= 0.6 is 0 Å². The Balaban J connectivity index is 1.79. The minimum absolute atomic E-state index is 0.0682. The van der Waals surface area contributed by atoms with Gasteiger partial charge in [-0.2, -0.15) is 4.91 Å². The molecule has 1 aromatic carbocycles. The number of hydrogen-bond donors (Lipinski definition) is 1. The van der Waals surface area contributed by atoms with Gasteiger partial charge in [-0.15, -0.1) is 0 Å². The van der Waals surface area contributed by atoms with Gasteiger partial charge in [0.2, 0.25) is 0 Å². The van der Waals surface area contributed by atoms with Crippen molar-refractivity contribution in [3.63, 3.8) is 0 Å². The van der Waals surface area contributed by atoms with Gasteiger partial charge in [0.1, 0.15) is 6.54 Å². The molecular formula is C16H17N3O2. The van der Waals surface area contributed by atoms with Gasteiger partial charge in [-0.25, -0.2) is 0 Å². The number of nitroso groups, excluding NO2 is 1. The lowest BCUT2D eigenvalue weighted by Crippen LogP contribution is -2.32. The average Bonchev–Trinajstić information content (AvgIpc) is 2.50. The summed E-state index contributed by atoms with van der Waals surface area (Å²) in [6, 6.07) is 12.1. The van der Waals surface area contributed by atoms with Crippen LogP contribution in [0.4, 0.5) is 0 Å². The fourth-order valence-corrected chi connectivity index (χ4v) is 2.78. The molecule has 0 aliphatic carbocycles. The molecule has 0 fully saturated rings. The predicted molar refractivity (Wildman–Crippen MR) is 80.8 cm³/mol. The number of benzene rings is 1. The summed E-state index contributed by atoms with van der Waals surface area (Å²) in [7, 11) is 0. The van der Waals surface area contributed by atoms with Crippen LogP contribution in [0.25, 0.3) is 0 Å². The molecule has 1 aliphatic heterocycles. The lowest BCUT2D eigenvalue weighted by atomic mass is 10.0. The van der Waals surface area contributed by atoms with Gasteiger partial charge in [0.25, 0.3) is 5.56 Å². The number of pyridine rings is 1. The van der Waals surface area contributed by atoms with Crippen LogP contribution in [0.5, 0.6) is 0 Å². The molecule has 3 rings (SSSR count). The van der Waals surface area contributed by atoms with E-state index < -0.39 is 0 Å². The molecule has 0 saturated carbocycles. The van der Waals surface area contributed by atoms with Crippen molar-refractivity contribution < 1.29 is 0 Å². The number of nitrogens with one attached hydrogen (secondary N) is 1. The molecule has 0 unspecified atom stereocenters. The molecule has 0 bridgehead atoms. The largest absolute Gasteiger partial charge is 0.326 e. The molecule has 2 heterocycles. The summed E-state index contributed by atoms with van der Waals surface area (Å²) in [5.41, 5.74) is 3.62. The van der Waals surface area contributed by atoms with Gasteiger partial charge in [0.05, 0.1) is 0 Å². The second-order valence-electron chi connectivity index (χ2n) is 5.36. The van der Waals surface area contributed by atoms with Crippen LogP contribution in [0.2, 0.25) is 0 Å². The van der Waals surface area contributed by atoms with Crippen LogP contribution in [0.3, 0.4) is 0 Å². The van der Waals surface area contributed by atoms with Gasteiger partial charge in [0.15, 0.2) is 0 Å². The van der Waals surface area contributed by atoms with Gasteiger partial charge in [-0.1, -0.05) is 35.5 Å². The minimum Gasteiger partial charge on any atom is -0.326 e. The number of fused-ring (bicyclic) bond motifs is 1. The maximum atomic E-state index is 11.8. The highest BCUT2D eigenvalue weighted by Crippen LogP contribution is 2.19. The average molecular weight is 283 g/mol. The number of H-pyrrole nitrogens is 1. The molecule has 1 N–H and O–H groups in total. The fourth-order valence-electron chi connectivity index (χ4n) is 2.78. The van der Waals surface area contributed by atoms with Gasteiger partial charge < -0.3 is 4.98 Å². The van der Waals surface area contributed by atoms with Crippen molar-refractivity contribution in [3.8, 4) is 0 Å². The van der Waals surface area contributed by atoms with E-state index in [1.54, 1.807) is 0 Å². The van der Waals surface area contributed by atoms with Crippen molar-refractivity contribution >= 4 is 0 Å². The van der Waals surface area contributed by atoms with E-state index in [9.17, 15) is 9.70 Å². The third-order valence-corrected chi connectivity index (χ3v) is 3.85. The first-order valence-corrected chi connectivity index (χ1v) is 7.05. The number of aromatic nitrogens is 1. The van der Waals surface area contributed by atoms with E-state index in [-0.39, 0.29) is 12.1 Å². The van der Waals surface area contributed by atoms with E-state index in [0.717, 1.165) is 37.3 Å². The van der Waals surface area contributed by atoms with E-state index in [1.165, 1.54) is 5.56 Å². The Kier molecular flexibility index (Phi) is 3.92. The molecule has 2 aromatic rings. The molecular weight excluding hydrogens is 266 g/mol. The first-order valence-electron chi connectivity index (χ1n) is 7.05. The first-order chi connectivity index (χ1) is 10.3. The summed E-state index contributed by atoms with van der Waals surface area (Å²) in [4.78, 5) is 27.4. The zero-order valence-corrected chi connectivity index (χ0v) is 11.7. The van der Waals surface area contributed by atoms with Crippen molar-refractivity contribution in [3.05, 3.63) is 74.0 Å². The summed E-state index contributed by atoms with van der Waals surface area (Å²) in [5, 5.41) is 2.82. The van der Waals surface area contributed by atoms with Crippen molar-refractivity contribution in [1.82, 2.24) is 9.88 Å². The summed E-state index contributed by atoms with van der Waals surface area (Å²) in [6.07, 6.45) is 0.826. The summed E-state index contributed by atoms with van der Waals surface area (Å²) < 4.78 is 0. The van der Waals surface area contributed by atoms with Crippen molar-refractivity contribution in [1.29, 1.82) is 0 Å². The van der Waals surface area contributed by atoms with Crippen LogP contribution in [0.15, 0.2) is 46.4 Å². The Labute approximate surface area is 122 Å². The Hall–Kier alpha value is -2.27.